The van der Waals surface area contributed by atoms with Crippen molar-refractivity contribution in [2.24, 2.45) is 0 Å². The van der Waals surface area contributed by atoms with E-state index in [1.54, 1.807) is 24.3 Å². The Balaban J connectivity index is 2.66. The summed E-state index contributed by atoms with van der Waals surface area (Å²) in [4.78, 5) is 0. The Labute approximate surface area is 109 Å². The molecule has 0 N–H and O–H groups in total. The molecule has 0 heterocycles. The fraction of sp³-hybridized carbons (Fsp3) is 0.125. The Kier molecular flexibility index (Phi) is 3.35. The van der Waals surface area contributed by atoms with Crippen LogP contribution in [0.5, 0.6) is 0 Å². The number of halogens is 3. The van der Waals surface area contributed by atoms with E-state index in [1.807, 2.05) is 6.92 Å². The van der Waals surface area contributed by atoms with Crippen LogP contribution in [0.3, 0.4) is 0 Å². The maximum absolute atomic E-state index is 13.0. The minimum absolute atomic E-state index is 0.114. The van der Waals surface area contributed by atoms with Crippen LogP contribution in [-0.2, 0) is 6.18 Å². The van der Waals surface area contributed by atoms with Crippen molar-refractivity contribution in [2.75, 3.05) is 0 Å². The van der Waals surface area contributed by atoms with Crippen LogP contribution < -0.4 is 0 Å². The summed E-state index contributed by atoms with van der Waals surface area (Å²) in [7, 11) is 0. The molecular formula is C16H11F3. The van der Waals surface area contributed by atoms with E-state index in [1.165, 1.54) is 12.1 Å². The Morgan fingerprint density at radius 2 is 1.63 bits per heavy atom. The SMILES string of the molecule is C#Cc1ccc(C(F)(F)F)c(-c2ccc(C)cc2)c1. The molecule has 0 amide bonds. The first kappa shape index (κ1) is 13.2. The molecule has 2 aromatic carbocycles. The zero-order chi connectivity index (χ0) is 14.0. The zero-order valence-electron chi connectivity index (χ0n) is 10.3. The van der Waals surface area contributed by atoms with Crippen molar-refractivity contribution < 1.29 is 13.2 Å². The van der Waals surface area contributed by atoms with Gasteiger partial charge in [0.2, 0.25) is 0 Å². The van der Waals surface area contributed by atoms with Gasteiger partial charge in [-0.25, -0.2) is 0 Å². The normalized spacial score (nSPS) is 11.1. The predicted octanol–water partition coefficient (Wildman–Crippen LogP) is 4.66. The van der Waals surface area contributed by atoms with E-state index in [0.29, 0.717) is 11.1 Å². The van der Waals surface area contributed by atoms with Crippen molar-refractivity contribution in [1.29, 1.82) is 0 Å². The van der Waals surface area contributed by atoms with Gasteiger partial charge in [-0.1, -0.05) is 35.7 Å². The van der Waals surface area contributed by atoms with Crippen LogP contribution in [0.15, 0.2) is 42.5 Å². The lowest BCUT2D eigenvalue weighted by Gasteiger charge is -2.13. The summed E-state index contributed by atoms with van der Waals surface area (Å²) in [6.07, 6.45) is 0.853. The Morgan fingerprint density at radius 1 is 1.00 bits per heavy atom. The van der Waals surface area contributed by atoms with Crippen LogP contribution in [0.1, 0.15) is 16.7 Å². The molecule has 2 rings (SSSR count). The molecule has 0 bridgehead atoms. The van der Waals surface area contributed by atoms with Crippen LogP contribution in [0.2, 0.25) is 0 Å². The van der Waals surface area contributed by atoms with Gasteiger partial charge in [0.05, 0.1) is 5.56 Å². The molecule has 0 saturated heterocycles. The maximum atomic E-state index is 13.0. The van der Waals surface area contributed by atoms with Crippen LogP contribution in [-0.4, -0.2) is 0 Å². The molecule has 0 atom stereocenters. The molecule has 0 radical (unpaired) electrons. The van der Waals surface area contributed by atoms with Crippen LogP contribution in [0.4, 0.5) is 13.2 Å². The lowest BCUT2D eigenvalue weighted by atomic mass is 9.96. The standard InChI is InChI=1S/C16H11F3/c1-3-12-6-9-15(16(17,18)19)14(10-12)13-7-4-11(2)5-8-13/h1,4-10H,2H3. The number of benzene rings is 2. The van der Waals surface area contributed by atoms with E-state index < -0.39 is 11.7 Å². The molecule has 0 aliphatic carbocycles. The molecule has 2 aromatic rings. The molecule has 0 spiro atoms. The summed E-state index contributed by atoms with van der Waals surface area (Å²) in [5.41, 5.74) is 1.38. The van der Waals surface area contributed by atoms with Gasteiger partial charge in [-0.3, -0.25) is 0 Å². The summed E-state index contributed by atoms with van der Waals surface area (Å²) in [5.74, 6) is 2.36. The average molecular weight is 260 g/mol. The molecule has 0 aromatic heterocycles. The number of terminal acetylenes is 1. The lowest BCUT2D eigenvalue weighted by molar-refractivity contribution is -0.137. The predicted molar refractivity (Wildman–Crippen MR) is 69.6 cm³/mol. The largest absolute Gasteiger partial charge is 0.417 e. The Morgan fingerprint density at radius 3 is 2.16 bits per heavy atom. The number of aryl methyl sites for hydroxylation is 1. The first-order chi connectivity index (χ1) is 8.91. The number of rotatable bonds is 1. The third-order valence-electron chi connectivity index (χ3n) is 2.85. The molecule has 0 aliphatic heterocycles. The van der Waals surface area contributed by atoms with Crippen molar-refractivity contribution in [3.63, 3.8) is 0 Å². The molecule has 19 heavy (non-hydrogen) atoms. The molecule has 0 fully saturated rings. The zero-order valence-corrected chi connectivity index (χ0v) is 10.3. The van der Waals surface area contributed by atoms with Gasteiger partial charge in [0.15, 0.2) is 0 Å². The molecular weight excluding hydrogens is 249 g/mol. The van der Waals surface area contributed by atoms with Gasteiger partial charge in [0.1, 0.15) is 0 Å². The van der Waals surface area contributed by atoms with E-state index in [0.717, 1.165) is 11.6 Å². The van der Waals surface area contributed by atoms with Crippen LogP contribution >= 0.6 is 0 Å². The highest BCUT2D eigenvalue weighted by atomic mass is 19.4. The Hall–Kier alpha value is -2.21. The van der Waals surface area contributed by atoms with Gasteiger partial charge in [0, 0.05) is 5.56 Å². The van der Waals surface area contributed by atoms with Gasteiger partial charge in [-0.15, -0.1) is 6.42 Å². The van der Waals surface area contributed by atoms with Gasteiger partial charge in [0.25, 0.3) is 0 Å². The average Bonchev–Trinajstić information content (AvgIpc) is 2.38. The fourth-order valence-electron chi connectivity index (χ4n) is 1.85. The summed E-state index contributed by atoms with van der Waals surface area (Å²) in [6.45, 7) is 1.88. The van der Waals surface area contributed by atoms with Crippen molar-refractivity contribution in [1.82, 2.24) is 0 Å². The van der Waals surface area contributed by atoms with Gasteiger partial charge >= 0.3 is 6.18 Å². The van der Waals surface area contributed by atoms with Crippen molar-refractivity contribution in [3.05, 3.63) is 59.2 Å². The van der Waals surface area contributed by atoms with Gasteiger partial charge in [-0.05, 0) is 36.2 Å². The van der Waals surface area contributed by atoms with E-state index >= 15 is 0 Å². The number of hydrogen-bond acceptors (Lipinski definition) is 0. The van der Waals surface area contributed by atoms with Crippen LogP contribution in [0, 0.1) is 19.3 Å². The second kappa shape index (κ2) is 4.81. The third-order valence-corrected chi connectivity index (χ3v) is 2.85. The molecule has 3 heteroatoms. The number of alkyl halides is 3. The molecule has 0 nitrogen and oxygen atoms in total. The second-order valence-electron chi connectivity index (χ2n) is 4.27. The highest BCUT2D eigenvalue weighted by molar-refractivity contribution is 5.70. The molecule has 96 valence electrons. The number of hydrogen-bond donors (Lipinski definition) is 0. The summed E-state index contributed by atoms with van der Waals surface area (Å²) in [6, 6.07) is 10.6. The summed E-state index contributed by atoms with van der Waals surface area (Å²) >= 11 is 0. The van der Waals surface area contributed by atoms with Gasteiger partial charge < -0.3 is 0 Å². The van der Waals surface area contributed by atoms with Crippen LogP contribution in [0.25, 0.3) is 11.1 Å². The highest BCUT2D eigenvalue weighted by Crippen LogP contribution is 2.37. The van der Waals surface area contributed by atoms with E-state index in [9.17, 15) is 13.2 Å². The molecule has 0 unspecified atom stereocenters. The van der Waals surface area contributed by atoms with E-state index in [2.05, 4.69) is 5.92 Å². The minimum atomic E-state index is -4.40. The molecule has 0 saturated carbocycles. The highest BCUT2D eigenvalue weighted by Gasteiger charge is 2.33. The monoisotopic (exact) mass is 260 g/mol. The van der Waals surface area contributed by atoms with E-state index in [-0.39, 0.29) is 5.56 Å². The maximum Gasteiger partial charge on any atom is 0.417 e. The summed E-state index contributed by atoms with van der Waals surface area (Å²) < 4.78 is 39.0. The molecule has 0 aliphatic rings. The van der Waals surface area contributed by atoms with E-state index in [4.69, 9.17) is 6.42 Å². The van der Waals surface area contributed by atoms with Gasteiger partial charge in [-0.2, -0.15) is 13.2 Å². The summed E-state index contributed by atoms with van der Waals surface area (Å²) in [5, 5.41) is 0. The topological polar surface area (TPSA) is 0 Å². The second-order valence-corrected chi connectivity index (χ2v) is 4.27. The van der Waals surface area contributed by atoms with Crippen molar-refractivity contribution in [3.8, 4) is 23.5 Å². The third kappa shape index (κ3) is 2.79. The minimum Gasteiger partial charge on any atom is -0.166 e. The lowest BCUT2D eigenvalue weighted by Crippen LogP contribution is -2.07. The van der Waals surface area contributed by atoms with Crippen molar-refractivity contribution in [2.45, 2.75) is 13.1 Å². The first-order valence-corrected chi connectivity index (χ1v) is 5.67. The smallest absolute Gasteiger partial charge is 0.166 e. The Bertz CT molecular complexity index is 629. The first-order valence-electron chi connectivity index (χ1n) is 5.67. The quantitative estimate of drug-likeness (QED) is 0.654. The fourth-order valence-corrected chi connectivity index (χ4v) is 1.85. The van der Waals surface area contributed by atoms with Crippen molar-refractivity contribution >= 4 is 0 Å².